The first-order valence-corrected chi connectivity index (χ1v) is 11.6. The molecule has 0 radical (unpaired) electrons. The third-order valence-electron chi connectivity index (χ3n) is 5.34. The topological polar surface area (TPSA) is 59.8 Å². The molecule has 0 unspecified atom stereocenters. The van der Waals surface area contributed by atoms with Gasteiger partial charge in [-0.3, -0.25) is 4.90 Å². The fourth-order valence-electron chi connectivity index (χ4n) is 3.92. The largest absolute Gasteiger partial charge is 0.439 e. The first-order chi connectivity index (χ1) is 16.4. The summed E-state index contributed by atoms with van der Waals surface area (Å²) in [7, 11) is 1.90. The second kappa shape index (κ2) is 12.4. The normalized spacial score (nSPS) is 12.2. The molecular formula is C28H35N3O3. The Labute approximate surface area is 203 Å². The van der Waals surface area contributed by atoms with E-state index in [2.05, 4.69) is 43.7 Å². The van der Waals surface area contributed by atoms with Crippen LogP contribution in [0.4, 0.5) is 0 Å². The molecule has 3 aromatic rings. The molecule has 1 aromatic heterocycles. The monoisotopic (exact) mass is 461 g/mol. The van der Waals surface area contributed by atoms with Gasteiger partial charge in [-0.05, 0) is 25.0 Å². The smallest absolute Gasteiger partial charge is 0.222 e. The summed E-state index contributed by atoms with van der Waals surface area (Å²) in [5, 5.41) is 15.4. The van der Waals surface area contributed by atoms with Crippen molar-refractivity contribution >= 4 is 0 Å². The zero-order valence-electron chi connectivity index (χ0n) is 20.6. The number of hydrogen-bond donors (Lipinski definition) is 1. The van der Waals surface area contributed by atoms with E-state index in [0.29, 0.717) is 24.9 Å². The summed E-state index contributed by atoms with van der Waals surface area (Å²) in [5.41, 5.74) is 4.05. The number of ether oxygens (including phenoxy) is 2. The molecule has 0 saturated carbocycles. The van der Waals surface area contributed by atoms with Crippen LogP contribution >= 0.6 is 0 Å². The highest BCUT2D eigenvalue weighted by Crippen LogP contribution is 2.34. The standard InChI is InChI=1S/C28H35N3O3/c1-6-16-33-20-24(32)18-31(17-21(2)3)19-26-27(23-10-8-7-9-11-23)29-30(5)28(26)34-25-14-12-22(4)13-15-25/h1,7-15,21,24,32H,16-20H2,2-5H3/t24-/m0/s1. The van der Waals surface area contributed by atoms with Gasteiger partial charge in [-0.2, -0.15) is 5.10 Å². The molecule has 0 fully saturated rings. The van der Waals surface area contributed by atoms with E-state index < -0.39 is 6.10 Å². The van der Waals surface area contributed by atoms with Crippen molar-refractivity contribution in [1.82, 2.24) is 14.7 Å². The fourth-order valence-corrected chi connectivity index (χ4v) is 3.92. The van der Waals surface area contributed by atoms with Crippen molar-refractivity contribution in [1.29, 1.82) is 0 Å². The van der Waals surface area contributed by atoms with E-state index in [1.807, 2.05) is 49.5 Å². The van der Waals surface area contributed by atoms with Crippen LogP contribution in [0.15, 0.2) is 54.6 Å². The summed E-state index contributed by atoms with van der Waals surface area (Å²) in [6, 6.07) is 18.1. The van der Waals surface area contributed by atoms with E-state index in [4.69, 9.17) is 21.0 Å². The van der Waals surface area contributed by atoms with Crippen molar-refractivity contribution in [3.8, 4) is 35.2 Å². The third kappa shape index (κ3) is 7.19. The zero-order valence-corrected chi connectivity index (χ0v) is 20.6. The summed E-state index contributed by atoms with van der Waals surface area (Å²) in [4.78, 5) is 2.22. The highest BCUT2D eigenvalue weighted by molar-refractivity contribution is 5.65. The Balaban J connectivity index is 1.94. The van der Waals surface area contributed by atoms with Gasteiger partial charge in [-0.15, -0.1) is 6.42 Å². The maximum absolute atomic E-state index is 10.6. The van der Waals surface area contributed by atoms with Crippen LogP contribution in [0, 0.1) is 25.2 Å². The molecule has 0 aliphatic heterocycles. The molecule has 0 aliphatic carbocycles. The average molecular weight is 462 g/mol. The lowest BCUT2D eigenvalue weighted by Crippen LogP contribution is -2.37. The predicted octanol–water partition coefficient (Wildman–Crippen LogP) is 4.66. The van der Waals surface area contributed by atoms with Gasteiger partial charge in [0.2, 0.25) is 5.88 Å². The summed E-state index contributed by atoms with van der Waals surface area (Å²) in [5.74, 6) is 4.30. The van der Waals surface area contributed by atoms with E-state index in [1.54, 1.807) is 4.68 Å². The van der Waals surface area contributed by atoms with Gasteiger partial charge in [0.1, 0.15) is 18.1 Å². The molecule has 0 bridgehead atoms. The van der Waals surface area contributed by atoms with Crippen molar-refractivity contribution in [2.24, 2.45) is 13.0 Å². The quantitative estimate of drug-likeness (QED) is 0.314. The molecule has 1 atom stereocenters. The van der Waals surface area contributed by atoms with Crippen molar-refractivity contribution in [3.05, 3.63) is 65.7 Å². The van der Waals surface area contributed by atoms with Crippen molar-refractivity contribution in [2.45, 2.75) is 33.4 Å². The molecular weight excluding hydrogens is 426 g/mol. The molecule has 6 heteroatoms. The molecule has 1 N–H and O–H groups in total. The molecule has 180 valence electrons. The molecule has 2 aromatic carbocycles. The van der Waals surface area contributed by atoms with Crippen LogP contribution in [0.3, 0.4) is 0 Å². The number of aromatic nitrogens is 2. The Bertz CT molecular complexity index is 1070. The van der Waals surface area contributed by atoms with Gasteiger partial charge in [0.15, 0.2) is 0 Å². The predicted molar refractivity (Wildman–Crippen MR) is 136 cm³/mol. The molecule has 0 saturated heterocycles. The van der Waals surface area contributed by atoms with Gasteiger partial charge >= 0.3 is 0 Å². The molecule has 0 spiro atoms. The van der Waals surface area contributed by atoms with Crippen LogP contribution < -0.4 is 4.74 Å². The minimum absolute atomic E-state index is 0.191. The highest BCUT2D eigenvalue weighted by atomic mass is 16.5. The second-order valence-electron chi connectivity index (χ2n) is 9.00. The van der Waals surface area contributed by atoms with Crippen LogP contribution in [-0.4, -0.2) is 52.2 Å². The number of aryl methyl sites for hydroxylation is 2. The third-order valence-corrected chi connectivity index (χ3v) is 5.34. The lowest BCUT2D eigenvalue weighted by atomic mass is 10.1. The lowest BCUT2D eigenvalue weighted by molar-refractivity contribution is 0.0237. The average Bonchev–Trinajstić information content (AvgIpc) is 3.10. The zero-order chi connectivity index (χ0) is 24.5. The van der Waals surface area contributed by atoms with E-state index in [-0.39, 0.29) is 13.2 Å². The first-order valence-electron chi connectivity index (χ1n) is 11.6. The number of rotatable bonds is 12. The molecule has 1 heterocycles. The first kappa shape index (κ1) is 25.5. The second-order valence-corrected chi connectivity index (χ2v) is 9.00. The Morgan fingerprint density at radius 2 is 1.79 bits per heavy atom. The number of terminal acetylenes is 1. The van der Waals surface area contributed by atoms with E-state index in [1.165, 1.54) is 5.56 Å². The van der Waals surface area contributed by atoms with Gasteiger partial charge in [0.25, 0.3) is 0 Å². The van der Waals surface area contributed by atoms with Gasteiger partial charge in [-0.25, -0.2) is 4.68 Å². The Morgan fingerprint density at radius 1 is 1.09 bits per heavy atom. The van der Waals surface area contributed by atoms with E-state index in [0.717, 1.165) is 29.1 Å². The molecule has 3 rings (SSSR count). The summed E-state index contributed by atoms with van der Waals surface area (Å²) in [6.45, 7) is 8.60. The van der Waals surface area contributed by atoms with E-state index in [9.17, 15) is 5.11 Å². The Hall–Kier alpha value is -3.11. The number of aliphatic hydroxyl groups excluding tert-OH is 1. The maximum atomic E-state index is 10.6. The van der Waals surface area contributed by atoms with E-state index >= 15 is 0 Å². The van der Waals surface area contributed by atoms with Crippen molar-refractivity contribution < 1.29 is 14.6 Å². The summed E-state index contributed by atoms with van der Waals surface area (Å²) >= 11 is 0. The minimum atomic E-state index is -0.648. The Morgan fingerprint density at radius 3 is 2.44 bits per heavy atom. The highest BCUT2D eigenvalue weighted by Gasteiger charge is 2.24. The van der Waals surface area contributed by atoms with Crippen LogP contribution in [-0.2, 0) is 18.3 Å². The minimum Gasteiger partial charge on any atom is -0.439 e. The molecule has 0 aliphatic rings. The summed E-state index contributed by atoms with van der Waals surface area (Å²) < 4.78 is 13.5. The molecule has 6 nitrogen and oxygen atoms in total. The van der Waals surface area contributed by atoms with Crippen molar-refractivity contribution in [3.63, 3.8) is 0 Å². The maximum Gasteiger partial charge on any atom is 0.222 e. The van der Waals surface area contributed by atoms with Crippen LogP contribution in [0.25, 0.3) is 11.3 Å². The SMILES string of the molecule is C#CCOC[C@@H](O)CN(Cc1c(-c2ccccc2)nn(C)c1Oc1ccc(C)cc1)CC(C)C. The number of aliphatic hydroxyl groups is 1. The van der Waals surface area contributed by atoms with Gasteiger partial charge < -0.3 is 14.6 Å². The summed E-state index contributed by atoms with van der Waals surface area (Å²) in [6.07, 6.45) is 4.61. The van der Waals surface area contributed by atoms with Crippen LogP contribution in [0.2, 0.25) is 0 Å². The molecule has 34 heavy (non-hydrogen) atoms. The fraction of sp³-hybridized carbons (Fsp3) is 0.393. The Kier molecular flexibility index (Phi) is 9.29. The van der Waals surface area contributed by atoms with Crippen molar-refractivity contribution in [2.75, 3.05) is 26.3 Å². The van der Waals surface area contributed by atoms with Crippen LogP contribution in [0.1, 0.15) is 25.0 Å². The van der Waals surface area contributed by atoms with Gasteiger partial charge in [0.05, 0.1) is 18.3 Å². The lowest BCUT2D eigenvalue weighted by Gasteiger charge is -2.27. The van der Waals surface area contributed by atoms with Gasteiger partial charge in [0, 0.05) is 32.2 Å². The van der Waals surface area contributed by atoms with Crippen LogP contribution in [0.5, 0.6) is 11.6 Å². The number of benzene rings is 2. The molecule has 0 amide bonds. The number of hydrogen-bond acceptors (Lipinski definition) is 5. The number of nitrogens with zero attached hydrogens (tertiary/aromatic N) is 3. The van der Waals surface area contributed by atoms with Gasteiger partial charge in [-0.1, -0.05) is 67.8 Å².